The molecule has 19 heavy (non-hydrogen) atoms. The molecule has 0 aliphatic rings. The van der Waals surface area contributed by atoms with E-state index < -0.39 is 5.97 Å². The number of carboxylic acids is 1. The fourth-order valence-electron chi connectivity index (χ4n) is 1.42. The maximum Gasteiger partial charge on any atom is 0.328 e. The summed E-state index contributed by atoms with van der Waals surface area (Å²) in [6.45, 7) is 2.17. The minimum atomic E-state index is -1.02. The standard InChI is InChI=1S/C13H12N2O3S/c1-9-2-4-12(11(15-9)3-5-13(16)17)18-6-10-7-19-8-14-10/h2-5,7-8H,6H2,1H3,(H,16,17). The molecule has 0 aromatic carbocycles. The Balaban J connectivity index is 2.16. The van der Waals surface area contributed by atoms with Gasteiger partial charge in [-0.15, -0.1) is 11.3 Å². The molecule has 0 fully saturated rings. The highest BCUT2D eigenvalue weighted by molar-refractivity contribution is 7.07. The molecule has 2 aromatic heterocycles. The van der Waals surface area contributed by atoms with E-state index in [0.717, 1.165) is 17.5 Å². The summed E-state index contributed by atoms with van der Waals surface area (Å²) in [4.78, 5) is 18.9. The van der Waals surface area contributed by atoms with Crippen molar-refractivity contribution in [2.75, 3.05) is 0 Å². The van der Waals surface area contributed by atoms with Crippen LogP contribution in [0.3, 0.4) is 0 Å². The van der Waals surface area contributed by atoms with Gasteiger partial charge in [0.1, 0.15) is 18.1 Å². The largest absolute Gasteiger partial charge is 0.485 e. The fraction of sp³-hybridized carbons (Fsp3) is 0.154. The second-order valence-electron chi connectivity index (χ2n) is 3.78. The lowest BCUT2D eigenvalue weighted by atomic mass is 10.2. The van der Waals surface area contributed by atoms with Crippen LogP contribution in [0.4, 0.5) is 0 Å². The van der Waals surface area contributed by atoms with Crippen molar-refractivity contribution in [2.24, 2.45) is 0 Å². The molecule has 0 bridgehead atoms. The molecule has 98 valence electrons. The maximum atomic E-state index is 10.5. The molecule has 5 nitrogen and oxygen atoms in total. The normalized spacial score (nSPS) is 10.8. The Morgan fingerprint density at radius 2 is 2.37 bits per heavy atom. The Morgan fingerprint density at radius 1 is 1.53 bits per heavy atom. The van der Waals surface area contributed by atoms with Crippen LogP contribution < -0.4 is 4.74 Å². The lowest BCUT2D eigenvalue weighted by molar-refractivity contribution is -0.131. The number of thiazole rings is 1. The monoisotopic (exact) mass is 276 g/mol. The lowest BCUT2D eigenvalue weighted by Crippen LogP contribution is -1.99. The third-order valence-corrected chi connectivity index (χ3v) is 2.90. The van der Waals surface area contributed by atoms with Gasteiger partial charge in [-0.3, -0.25) is 0 Å². The van der Waals surface area contributed by atoms with Crippen molar-refractivity contribution in [1.82, 2.24) is 9.97 Å². The molecule has 1 N–H and O–H groups in total. The molecule has 0 aliphatic carbocycles. The van der Waals surface area contributed by atoms with Crippen molar-refractivity contribution in [3.63, 3.8) is 0 Å². The number of ether oxygens (including phenoxy) is 1. The van der Waals surface area contributed by atoms with E-state index in [1.165, 1.54) is 17.4 Å². The van der Waals surface area contributed by atoms with Crippen LogP contribution in [-0.4, -0.2) is 21.0 Å². The predicted octanol–water partition coefficient (Wildman–Crippen LogP) is 2.52. The predicted molar refractivity (Wildman–Crippen MR) is 72.1 cm³/mol. The number of rotatable bonds is 5. The number of aromatic nitrogens is 2. The van der Waals surface area contributed by atoms with Gasteiger partial charge in [-0.1, -0.05) is 0 Å². The molecule has 6 heteroatoms. The third kappa shape index (κ3) is 3.89. The smallest absolute Gasteiger partial charge is 0.328 e. The van der Waals surface area contributed by atoms with Crippen molar-refractivity contribution in [1.29, 1.82) is 0 Å². The van der Waals surface area contributed by atoms with Crippen molar-refractivity contribution in [2.45, 2.75) is 13.5 Å². The van der Waals surface area contributed by atoms with E-state index in [1.807, 2.05) is 18.4 Å². The van der Waals surface area contributed by atoms with Gasteiger partial charge in [0.2, 0.25) is 0 Å². The second-order valence-corrected chi connectivity index (χ2v) is 4.49. The molecule has 0 amide bonds. The van der Waals surface area contributed by atoms with Gasteiger partial charge in [0.25, 0.3) is 0 Å². The number of hydrogen-bond donors (Lipinski definition) is 1. The number of pyridine rings is 1. The lowest BCUT2D eigenvalue weighted by Gasteiger charge is -2.07. The van der Waals surface area contributed by atoms with E-state index in [2.05, 4.69) is 9.97 Å². The number of carbonyl (C=O) groups is 1. The zero-order chi connectivity index (χ0) is 13.7. The zero-order valence-corrected chi connectivity index (χ0v) is 11.1. The molecular weight excluding hydrogens is 264 g/mol. The minimum absolute atomic E-state index is 0.335. The summed E-state index contributed by atoms with van der Waals surface area (Å²) >= 11 is 1.50. The van der Waals surface area contributed by atoms with E-state index in [0.29, 0.717) is 18.1 Å². The molecular formula is C13H12N2O3S. The highest BCUT2D eigenvalue weighted by Crippen LogP contribution is 2.20. The molecule has 0 saturated carbocycles. The maximum absolute atomic E-state index is 10.5. The summed E-state index contributed by atoms with van der Waals surface area (Å²) in [6, 6.07) is 3.59. The van der Waals surface area contributed by atoms with Crippen molar-refractivity contribution < 1.29 is 14.6 Å². The summed E-state index contributed by atoms with van der Waals surface area (Å²) in [5.41, 5.74) is 3.86. The number of hydrogen-bond acceptors (Lipinski definition) is 5. The van der Waals surface area contributed by atoms with Gasteiger partial charge in [0.05, 0.1) is 11.2 Å². The van der Waals surface area contributed by atoms with Crippen LogP contribution in [0.25, 0.3) is 6.08 Å². The Bertz CT molecular complexity index is 594. The van der Waals surface area contributed by atoms with Gasteiger partial charge < -0.3 is 9.84 Å². The molecule has 2 rings (SSSR count). The van der Waals surface area contributed by atoms with Gasteiger partial charge in [0.15, 0.2) is 0 Å². The quantitative estimate of drug-likeness (QED) is 0.849. The summed E-state index contributed by atoms with van der Waals surface area (Å²) in [7, 11) is 0. The Morgan fingerprint density at radius 3 is 3.05 bits per heavy atom. The van der Waals surface area contributed by atoms with E-state index >= 15 is 0 Å². The molecule has 0 saturated heterocycles. The van der Waals surface area contributed by atoms with Crippen LogP contribution in [0.2, 0.25) is 0 Å². The molecule has 0 unspecified atom stereocenters. The van der Waals surface area contributed by atoms with Crippen molar-refractivity contribution in [3.05, 3.63) is 46.2 Å². The minimum Gasteiger partial charge on any atom is -0.485 e. The van der Waals surface area contributed by atoms with Crippen LogP contribution >= 0.6 is 11.3 Å². The third-order valence-electron chi connectivity index (χ3n) is 2.27. The number of aliphatic carboxylic acids is 1. The van der Waals surface area contributed by atoms with Crippen LogP contribution in [0.5, 0.6) is 5.75 Å². The zero-order valence-electron chi connectivity index (χ0n) is 10.2. The van der Waals surface area contributed by atoms with Crippen LogP contribution in [0.1, 0.15) is 17.1 Å². The Hall–Kier alpha value is -2.21. The molecule has 0 aliphatic heterocycles. The molecule has 0 atom stereocenters. The van der Waals surface area contributed by atoms with Gasteiger partial charge in [-0.05, 0) is 25.1 Å². The van der Waals surface area contributed by atoms with Crippen molar-refractivity contribution >= 4 is 23.4 Å². The van der Waals surface area contributed by atoms with E-state index in [1.54, 1.807) is 11.6 Å². The first kappa shape index (κ1) is 13.2. The summed E-state index contributed by atoms with van der Waals surface area (Å²) in [5.74, 6) is -0.482. The fourth-order valence-corrected chi connectivity index (χ4v) is 1.96. The first-order valence-electron chi connectivity index (χ1n) is 5.53. The van der Waals surface area contributed by atoms with Crippen LogP contribution in [-0.2, 0) is 11.4 Å². The van der Waals surface area contributed by atoms with Gasteiger partial charge in [-0.2, -0.15) is 0 Å². The topological polar surface area (TPSA) is 72.3 Å². The van der Waals surface area contributed by atoms with E-state index in [9.17, 15) is 4.79 Å². The van der Waals surface area contributed by atoms with Gasteiger partial charge in [-0.25, -0.2) is 14.8 Å². The second kappa shape index (κ2) is 6.10. The number of nitrogens with zero attached hydrogens (tertiary/aromatic N) is 2. The van der Waals surface area contributed by atoms with Gasteiger partial charge >= 0.3 is 5.97 Å². The Kier molecular flexibility index (Phi) is 4.25. The average Bonchev–Trinajstić information content (AvgIpc) is 2.88. The van der Waals surface area contributed by atoms with E-state index in [-0.39, 0.29) is 0 Å². The average molecular weight is 276 g/mol. The van der Waals surface area contributed by atoms with Crippen molar-refractivity contribution in [3.8, 4) is 5.75 Å². The first-order valence-corrected chi connectivity index (χ1v) is 6.48. The van der Waals surface area contributed by atoms with Crippen LogP contribution in [0, 0.1) is 6.92 Å². The highest BCUT2D eigenvalue weighted by Gasteiger charge is 2.05. The highest BCUT2D eigenvalue weighted by atomic mass is 32.1. The molecule has 0 radical (unpaired) electrons. The summed E-state index contributed by atoms with van der Waals surface area (Å²) < 4.78 is 5.61. The first-order chi connectivity index (χ1) is 9.15. The number of carboxylic acid groups (broad SMARTS) is 1. The SMILES string of the molecule is Cc1ccc(OCc2cscn2)c(C=CC(=O)O)n1. The van der Waals surface area contributed by atoms with Gasteiger partial charge in [0, 0.05) is 17.2 Å². The molecule has 2 aromatic rings. The molecule has 0 spiro atoms. The van der Waals surface area contributed by atoms with Crippen LogP contribution in [0.15, 0.2) is 29.1 Å². The summed E-state index contributed by atoms with van der Waals surface area (Å²) in [6.07, 6.45) is 2.46. The Labute approximate surface area is 114 Å². The molecule has 2 heterocycles. The number of aryl methyl sites for hydroxylation is 1. The summed E-state index contributed by atoms with van der Waals surface area (Å²) in [5, 5.41) is 10.5. The van der Waals surface area contributed by atoms with E-state index in [4.69, 9.17) is 9.84 Å².